The molecule has 184 valence electrons. The van der Waals surface area contributed by atoms with Crippen LogP contribution in [0.2, 0.25) is 0 Å². The fourth-order valence-corrected chi connectivity index (χ4v) is 4.69. The fourth-order valence-electron chi connectivity index (χ4n) is 4.33. The van der Waals surface area contributed by atoms with E-state index in [1.54, 1.807) is 19.1 Å². The minimum absolute atomic E-state index is 0.0175. The molecule has 0 spiro atoms. The minimum Gasteiger partial charge on any atom is -0.504 e. The highest BCUT2D eigenvalue weighted by Gasteiger charge is 2.44. The monoisotopic (exact) mass is 559 g/mol. The van der Waals surface area contributed by atoms with Gasteiger partial charge in [-0.3, -0.25) is 14.5 Å². The summed E-state index contributed by atoms with van der Waals surface area (Å²) in [6.45, 7) is 1.95. The van der Waals surface area contributed by atoms with E-state index in [1.807, 2.05) is 0 Å². The van der Waals surface area contributed by atoms with Crippen molar-refractivity contribution in [2.45, 2.75) is 19.1 Å². The van der Waals surface area contributed by atoms with Crippen LogP contribution in [0.25, 0.3) is 11.0 Å². The number of aromatic hydroxyl groups is 1. The van der Waals surface area contributed by atoms with Crippen LogP contribution in [0.1, 0.15) is 40.2 Å². The average Bonchev–Trinajstić information content (AvgIpc) is 3.13. The SMILES string of the molecule is CCOc1cc(C2c3c(oc4ccc(Br)cc4c3=O)C(=O)N2c2cccc(C(F)(F)F)c2)ccc1O. The molecule has 4 aromatic rings. The van der Waals surface area contributed by atoms with Gasteiger partial charge in [0.1, 0.15) is 5.58 Å². The van der Waals surface area contributed by atoms with Gasteiger partial charge in [0, 0.05) is 10.2 Å². The zero-order chi connectivity index (χ0) is 25.8. The van der Waals surface area contributed by atoms with Crippen molar-refractivity contribution in [1.29, 1.82) is 0 Å². The Balaban J connectivity index is 1.80. The molecule has 1 aromatic heterocycles. The summed E-state index contributed by atoms with van der Waals surface area (Å²) < 4.78 is 52.4. The van der Waals surface area contributed by atoms with Gasteiger partial charge < -0.3 is 14.3 Å². The molecule has 1 unspecified atom stereocenters. The Morgan fingerprint density at radius 2 is 1.86 bits per heavy atom. The van der Waals surface area contributed by atoms with E-state index in [2.05, 4.69) is 15.9 Å². The first-order chi connectivity index (χ1) is 17.1. The van der Waals surface area contributed by atoms with Crippen molar-refractivity contribution in [3.63, 3.8) is 0 Å². The quantitative estimate of drug-likeness (QED) is 0.311. The number of halogens is 4. The summed E-state index contributed by atoms with van der Waals surface area (Å²) in [4.78, 5) is 28.4. The normalized spacial score (nSPS) is 15.4. The highest BCUT2D eigenvalue weighted by Crippen LogP contribution is 2.44. The minimum atomic E-state index is -4.64. The van der Waals surface area contributed by atoms with Crippen molar-refractivity contribution < 1.29 is 32.2 Å². The van der Waals surface area contributed by atoms with Gasteiger partial charge in [0.05, 0.1) is 29.2 Å². The number of carbonyl (C=O) groups excluding carboxylic acids is 1. The lowest BCUT2D eigenvalue weighted by Gasteiger charge is -2.26. The van der Waals surface area contributed by atoms with E-state index in [1.165, 1.54) is 36.4 Å². The van der Waals surface area contributed by atoms with Gasteiger partial charge in [0.25, 0.3) is 5.91 Å². The number of amides is 1. The molecular weight excluding hydrogens is 543 g/mol. The predicted molar refractivity (Wildman–Crippen MR) is 130 cm³/mol. The molecule has 10 heteroatoms. The predicted octanol–water partition coefficient (Wildman–Crippen LogP) is 6.43. The van der Waals surface area contributed by atoms with Crippen molar-refractivity contribution in [3.05, 3.63) is 97.8 Å². The van der Waals surface area contributed by atoms with Crippen LogP contribution in [0, 0.1) is 0 Å². The molecule has 0 radical (unpaired) electrons. The summed E-state index contributed by atoms with van der Waals surface area (Å²) in [5.74, 6) is -1.08. The summed E-state index contributed by atoms with van der Waals surface area (Å²) in [5, 5.41) is 10.4. The number of alkyl halides is 3. The third-order valence-corrected chi connectivity index (χ3v) is 6.38. The molecule has 6 nitrogen and oxygen atoms in total. The Morgan fingerprint density at radius 1 is 1.08 bits per heavy atom. The molecule has 2 heterocycles. The van der Waals surface area contributed by atoms with E-state index < -0.39 is 29.1 Å². The zero-order valence-corrected chi connectivity index (χ0v) is 20.2. The first-order valence-corrected chi connectivity index (χ1v) is 11.6. The number of hydrogen-bond acceptors (Lipinski definition) is 5. The van der Waals surface area contributed by atoms with E-state index in [-0.39, 0.29) is 46.1 Å². The van der Waals surface area contributed by atoms with Crippen molar-refractivity contribution in [1.82, 2.24) is 0 Å². The van der Waals surface area contributed by atoms with Crippen LogP contribution in [0.5, 0.6) is 11.5 Å². The van der Waals surface area contributed by atoms with Crippen LogP contribution < -0.4 is 15.1 Å². The van der Waals surface area contributed by atoms with Crippen LogP contribution in [-0.2, 0) is 6.18 Å². The molecule has 36 heavy (non-hydrogen) atoms. The third kappa shape index (κ3) is 3.91. The molecule has 1 amide bonds. The Morgan fingerprint density at radius 3 is 2.58 bits per heavy atom. The number of hydrogen-bond donors (Lipinski definition) is 1. The van der Waals surface area contributed by atoms with Gasteiger partial charge in [-0.1, -0.05) is 28.1 Å². The average molecular weight is 560 g/mol. The lowest BCUT2D eigenvalue weighted by Crippen LogP contribution is -2.29. The Bertz CT molecular complexity index is 1580. The molecule has 5 rings (SSSR count). The molecule has 0 bridgehead atoms. The van der Waals surface area contributed by atoms with Crippen LogP contribution in [0.15, 0.2) is 74.3 Å². The topological polar surface area (TPSA) is 80.0 Å². The summed E-state index contributed by atoms with van der Waals surface area (Å²) in [6, 6.07) is 12.2. The molecule has 1 N–H and O–H groups in total. The van der Waals surface area contributed by atoms with Crippen LogP contribution in [0.3, 0.4) is 0 Å². The van der Waals surface area contributed by atoms with Crippen molar-refractivity contribution in [3.8, 4) is 11.5 Å². The maximum Gasteiger partial charge on any atom is 0.416 e. The molecule has 1 aliphatic rings. The smallest absolute Gasteiger partial charge is 0.416 e. The summed E-state index contributed by atoms with van der Waals surface area (Å²) >= 11 is 3.32. The summed E-state index contributed by atoms with van der Waals surface area (Å²) in [7, 11) is 0. The van der Waals surface area contributed by atoms with E-state index in [4.69, 9.17) is 9.15 Å². The van der Waals surface area contributed by atoms with Gasteiger partial charge in [0.15, 0.2) is 16.9 Å². The number of benzene rings is 3. The number of rotatable bonds is 4. The standard InChI is InChI=1S/C26H17BrF3NO5/c1-2-35-20-10-13(6-8-18(20)32)22-21-23(33)17-12-15(27)7-9-19(17)36-24(21)25(34)31(22)16-5-3-4-14(11-16)26(28,29)30/h3-12,22,32H,2H2,1H3. The van der Waals surface area contributed by atoms with Crippen molar-refractivity contribution in [2.24, 2.45) is 0 Å². The lowest BCUT2D eigenvalue weighted by atomic mass is 9.97. The van der Waals surface area contributed by atoms with Crippen LogP contribution in [0.4, 0.5) is 18.9 Å². The zero-order valence-electron chi connectivity index (χ0n) is 18.6. The second kappa shape index (κ2) is 8.70. The molecule has 1 aliphatic heterocycles. The first-order valence-electron chi connectivity index (χ1n) is 10.8. The van der Waals surface area contributed by atoms with E-state index in [0.29, 0.717) is 10.0 Å². The Kier molecular flexibility index (Phi) is 5.78. The summed E-state index contributed by atoms with van der Waals surface area (Å²) in [6.07, 6.45) is -4.64. The van der Waals surface area contributed by atoms with Gasteiger partial charge in [0.2, 0.25) is 5.76 Å². The number of nitrogens with zero attached hydrogens (tertiary/aromatic N) is 1. The van der Waals surface area contributed by atoms with Crippen LogP contribution >= 0.6 is 15.9 Å². The largest absolute Gasteiger partial charge is 0.504 e. The van der Waals surface area contributed by atoms with E-state index in [9.17, 15) is 27.9 Å². The fraction of sp³-hybridized carbons (Fsp3) is 0.154. The van der Waals surface area contributed by atoms with Gasteiger partial charge in [-0.05, 0) is 61.0 Å². The lowest BCUT2D eigenvalue weighted by molar-refractivity contribution is -0.137. The Labute approximate surface area is 210 Å². The number of phenols is 1. The maximum absolute atomic E-state index is 13.7. The van der Waals surface area contributed by atoms with E-state index >= 15 is 0 Å². The number of anilines is 1. The molecule has 0 aliphatic carbocycles. The highest BCUT2D eigenvalue weighted by molar-refractivity contribution is 9.10. The number of phenolic OH excluding ortho intramolecular Hbond substituents is 1. The molecule has 0 saturated heterocycles. The van der Waals surface area contributed by atoms with Crippen LogP contribution in [-0.4, -0.2) is 17.6 Å². The van der Waals surface area contributed by atoms with Gasteiger partial charge >= 0.3 is 6.18 Å². The van der Waals surface area contributed by atoms with Crippen molar-refractivity contribution in [2.75, 3.05) is 11.5 Å². The molecule has 3 aromatic carbocycles. The summed E-state index contributed by atoms with van der Waals surface area (Å²) in [5.41, 5.74) is -1.01. The Hall–Kier alpha value is -3.79. The molecule has 1 atom stereocenters. The molecule has 0 saturated carbocycles. The van der Waals surface area contributed by atoms with Gasteiger partial charge in [-0.25, -0.2) is 0 Å². The van der Waals surface area contributed by atoms with Gasteiger partial charge in [-0.2, -0.15) is 13.2 Å². The number of fused-ring (bicyclic) bond motifs is 2. The highest BCUT2D eigenvalue weighted by atomic mass is 79.9. The maximum atomic E-state index is 13.7. The molecular formula is C26H17BrF3NO5. The van der Waals surface area contributed by atoms with Crippen molar-refractivity contribution >= 4 is 38.5 Å². The van der Waals surface area contributed by atoms with E-state index in [0.717, 1.165) is 17.0 Å². The van der Waals surface area contributed by atoms with Gasteiger partial charge in [-0.15, -0.1) is 0 Å². The molecule has 0 fully saturated rings. The second-order valence-corrected chi connectivity index (χ2v) is 9.02. The first kappa shape index (κ1) is 23.9. The number of ether oxygens (including phenoxy) is 1. The second-order valence-electron chi connectivity index (χ2n) is 8.10. The third-order valence-electron chi connectivity index (χ3n) is 5.88. The number of carbonyl (C=O) groups is 1.